The zero-order valence-electron chi connectivity index (χ0n) is 14.9. The second-order valence-corrected chi connectivity index (χ2v) is 6.58. The van der Waals surface area contributed by atoms with Gasteiger partial charge in [-0.05, 0) is 37.1 Å². The molecule has 0 saturated heterocycles. The number of amides is 1. The van der Waals surface area contributed by atoms with Gasteiger partial charge in [0.05, 0.1) is 17.8 Å². The van der Waals surface area contributed by atoms with E-state index < -0.39 is 0 Å². The Kier molecular flexibility index (Phi) is 7.82. The molecule has 138 valence electrons. The minimum Gasteiger partial charge on any atom is -0.487 e. The average molecular weight is 374 g/mol. The number of esters is 1. The fourth-order valence-corrected chi connectivity index (χ4v) is 2.68. The lowest BCUT2D eigenvalue weighted by Crippen LogP contribution is -2.22. The van der Waals surface area contributed by atoms with Gasteiger partial charge in [0.15, 0.2) is 0 Å². The van der Waals surface area contributed by atoms with Crippen molar-refractivity contribution in [3.05, 3.63) is 52.0 Å². The molecule has 0 spiro atoms. The van der Waals surface area contributed by atoms with E-state index in [1.807, 2.05) is 36.6 Å². The van der Waals surface area contributed by atoms with Gasteiger partial charge in [-0.15, -0.1) is 11.3 Å². The van der Waals surface area contributed by atoms with Gasteiger partial charge in [0.1, 0.15) is 12.4 Å². The molecule has 26 heavy (non-hydrogen) atoms. The molecule has 2 rings (SSSR count). The van der Waals surface area contributed by atoms with Gasteiger partial charge in [-0.3, -0.25) is 9.59 Å². The van der Waals surface area contributed by atoms with Crippen LogP contribution in [0.2, 0.25) is 0 Å². The molecule has 0 fully saturated rings. The second kappa shape index (κ2) is 10.4. The lowest BCUT2D eigenvalue weighted by Gasteiger charge is -2.04. The molecule has 0 atom stereocenters. The van der Waals surface area contributed by atoms with Crippen LogP contribution in [0.15, 0.2) is 35.7 Å². The van der Waals surface area contributed by atoms with Gasteiger partial charge in [0.2, 0.25) is 5.91 Å². The van der Waals surface area contributed by atoms with Crippen LogP contribution < -0.4 is 10.1 Å². The van der Waals surface area contributed by atoms with Crippen LogP contribution in [-0.4, -0.2) is 30.5 Å². The fourth-order valence-electron chi connectivity index (χ4n) is 2.08. The number of rotatable bonds is 9. The predicted octanol–water partition coefficient (Wildman–Crippen LogP) is 3.11. The number of aryl methyl sites for hydroxylation is 1. The SMILES string of the molecule is COC(=O)CCCNC(=O)/C=C/c1ccc(OCc2csc(C)n2)cc1. The smallest absolute Gasteiger partial charge is 0.305 e. The third kappa shape index (κ3) is 7.06. The van der Waals surface area contributed by atoms with Gasteiger partial charge in [0.25, 0.3) is 0 Å². The molecular formula is C19H22N2O4S. The van der Waals surface area contributed by atoms with Crippen LogP contribution in [0.5, 0.6) is 5.75 Å². The molecule has 6 nitrogen and oxygen atoms in total. The maximum absolute atomic E-state index is 11.7. The molecule has 1 heterocycles. The van der Waals surface area contributed by atoms with Gasteiger partial charge in [-0.1, -0.05) is 12.1 Å². The van der Waals surface area contributed by atoms with Crippen molar-refractivity contribution < 1.29 is 19.1 Å². The summed E-state index contributed by atoms with van der Waals surface area (Å²) in [5.74, 6) is 0.274. The number of benzene rings is 1. The molecule has 1 amide bonds. The summed E-state index contributed by atoms with van der Waals surface area (Å²) in [5, 5.41) is 5.72. The topological polar surface area (TPSA) is 77.5 Å². The maximum atomic E-state index is 11.7. The lowest BCUT2D eigenvalue weighted by atomic mass is 10.2. The first-order valence-corrected chi connectivity index (χ1v) is 9.11. The van der Waals surface area contributed by atoms with Crippen molar-refractivity contribution in [2.45, 2.75) is 26.4 Å². The Bertz CT molecular complexity index is 753. The summed E-state index contributed by atoms with van der Waals surface area (Å²) in [6.07, 6.45) is 4.04. The van der Waals surface area contributed by atoms with Gasteiger partial charge in [-0.25, -0.2) is 4.98 Å². The number of methoxy groups -OCH3 is 1. The quantitative estimate of drug-likeness (QED) is 0.415. The number of carbonyl (C=O) groups excluding carboxylic acids is 2. The third-order valence-electron chi connectivity index (χ3n) is 3.45. The highest BCUT2D eigenvalue weighted by Crippen LogP contribution is 2.16. The molecule has 0 unspecified atom stereocenters. The molecule has 7 heteroatoms. The Balaban J connectivity index is 1.72. The van der Waals surface area contributed by atoms with Crippen LogP contribution in [0.1, 0.15) is 29.1 Å². The molecule has 1 N–H and O–H groups in total. The van der Waals surface area contributed by atoms with Crippen LogP contribution in [0.3, 0.4) is 0 Å². The molecule has 1 aromatic carbocycles. The van der Waals surface area contributed by atoms with Crippen molar-refractivity contribution in [2.24, 2.45) is 0 Å². The van der Waals surface area contributed by atoms with Crippen molar-refractivity contribution in [1.29, 1.82) is 0 Å². The highest BCUT2D eigenvalue weighted by atomic mass is 32.1. The van der Waals surface area contributed by atoms with E-state index in [-0.39, 0.29) is 11.9 Å². The minimum atomic E-state index is -0.276. The summed E-state index contributed by atoms with van der Waals surface area (Å²) in [6.45, 7) is 2.83. The zero-order chi connectivity index (χ0) is 18.8. The average Bonchev–Trinajstić information content (AvgIpc) is 3.07. The summed E-state index contributed by atoms with van der Waals surface area (Å²) in [7, 11) is 1.35. The van der Waals surface area contributed by atoms with Crippen molar-refractivity contribution in [3.63, 3.8) is 0 Å². The number of aromatic nitrogens is 1. The summed E-state index contributed by atoms with van der Waals surface area (Å²) in [4.78, 5) is 27.0. The lowest BCUT2D eigenvalue weighted by molar-refractivity contribution is -0.140. The van der Waals surface area contributed by atoms with Crippen molar-refractivity contribution in [1.82, 2.24) is 10.3 Å². The number of nitrogens with one attached hydrogen (secondary N) is 1. The summed E-state index contributed by atoms with van der Waals surface area (Å²) in [6, 6.07) is 7.46. The minimum absolute atomic E-state index is 0.200. The zero-order valence-corrected chi connectivity index (χ0v) is 15.7. The first-order chi connectivity index (χ1) is 12.6. The molecule has 0 aliphatic heterocycles. The van der Waals surface area contributed by atoms with Gasteiger partial charge in [0, 0.05) is 24.4 Å². The van der Waals surface area contributed by atoms with E-state index in [4.69, 9.17) is 4.74 Å². The van der Waals surface area contributed by atoms with Gasteiger partial charge in [-0.2, -0.15) is 0 Å². The number of hydrogen-bond donors (Lipinski definition) is 1. The van der Waals surface area contributed by atoms with E-state index in [0.29, 0.717) is 26.0 Å². The first kappa shape index (κ1) is 19.7. The molecule has 0 aliphatic carbocycles. The molecular weight excluding hydrogens is 352 g/mol. The monoisotopic (exact) mass is 374 g/mol. The largest absolute Gasteiger partial charge is 0.487 e. The van der Waals surface area contributed by atoms with E-state index in [0.717, 1.165) is 22.0 Å². The third-order valence-corrected chi connectivity index (χ3v) is 4.27. The molecule has 0 saturated carbocycles. The van der Waals surface area contributed by atoms with Crippen LogP contribution in [0.25, 0.3) is 6.08 Å². The van der Waals surface area contributed by atoms with E-state index in [1.54, 1.807) is 17.4 Å². The van der Waals surface area contributed by atoms with E-state index in [9.17, 15) is 9.59 Å². The molecule has 2 aromatic rings. The van der Waals surface area contributed by atoms with Crippen LogP contribution in [0.4, 0.5) is 0 Å². The van der Waals surface area contributed by atoms with Crippen molar-refractivity contribution in [3.8, 4) is 5.75 Å². The summed E-state index contributed by atoms with van der Waals surface area (Å²) >= 11 is 1.60. The highest BCUT2D eigenvalue weighted by molar-refractivity contribution is 7.09. The van der Waals surface area contributed by atoms with Crippen LogP contribution in [-0.2, 0) is 20.9 Å². The number of carbonyl (C=O) groups is 2. The molecule has 0 radical (unpaired) electrons. The number of nitrogens with zero attached hydrogens (tertiary/aromatic N) is 1. The number of thiazole rings is 1. The maximum Gasteiger partial charge on any atom is 0.305 e. The Hall–Kier alpha value is -2.67. The Morgan fingerprint density at radius 1 is 1.27 bits per heavy atom. The predicted molar refractivity (Wildman–Crippen MR) is 101 cm³/mol. The number of hydrogen-bond acceptors (Lipinski definition) is 6. The van der Waals surface area contributed by atoms with Crippen molar-refractivity contribution in [2.75, 3.05) is 13.7 Å². The Morgan fingerprint density at radius 2 is 2.04 bits per heavy atom. The van der Waals surface area contributed by atoms with E-state index in [2.05, 4.69) is 15.0 Å². The van der Waals surface area contributed by atoms with Gasteiger partial charge < -0.3 is 14.8 Å². The molecule has 1 aromatic heterocycles. The Labute approximate surface area is 156 Å². The standard InChI is InChI=1S/C19H22N2O4S/c1-14-21-16(13-26-14)12-25-17-8-5-15(6-9-17)7-10-18(22)20-11-3-4-19(23)24-2/h5-10,13H,3-4,11-12H2,1-2H3,(H,20,22)/b10-7+. The highest BCUT2D eigenvalue weighted by Gasteiger charge is 2.01. The Morgan fingerprint density at radius 3 is 2.69 bits per heavy atom. The van der Waals surface area contributed by atoms with Crippen LogP contribution in [0, 0.1) is 6.92 Å². The normalized spacial score (nSPS) is 10.7. The second-order valence-electron chi connectivity index (χ2n) is 5.52. The summed E-state index contributed by atoms with van der Waals surface area (Å²) in [5.41, 5.74) is 1.81. The molecule has 0 aliphatic rings. The number of ether oxygens (including phenoxy) is 2. The van der Waals surface area contributed by atoms with E-state index >= 15 is 0 Å². The van der Waals surface area contributed by atoms with Gasteiger partial charge >= 0.3 is 5.97 Å². The van der Waals surface area contributed by atoms with Crippen molar-refractivity contribution >= 4 is 29.3 Å². The fraction of sp³-hybridized carbons (Fsp3) is 0.316. The summed E-state index contributed by atoms with van der Waals surface area (Å²) < 4.78 is 10.2. The first-order valence-electron chi connectivity index (χ1n) is 8.23. The van der Waals surface area contributed by atoms with E-state index in [1.165, 1.54) is 13.2 Å². The van der Waals surface area contributed by atoms with Crippen LogP contribution >= 0.6 is 11.3 Å². The molecule has 0 bridgehead atoms.